The van der Waals surface area contributed by atoms with E-state index in [0.29, 0.717) is 12.2 Å². The maximum absolute atomic E-state index is 11.8. The molecule has 1 atom stereocenters. The quantitative estimate of drug-likeness (QED) is 0.713. The average molecular weight is 282 g/mol. The number of sulfonamides is 1. The van der Waals surface area contributed by atoms with Crippen LogP contribution >= 0.6 is 11.6 Å². The number of aromatic nitrogens is 2. The van der Waals surface area contributed by atoms with Crippen molar-refractivity contribution in [3.63, 3.8) is 0 Å². The van der Waals surface area contributed by atoms with Crippen molar-refractivity contribution in [3.05, 3.63) is 12.0 Å². The first-order chi connectivity index (χ1) is 7.99. The first-order valence-electron chi connectivity index (χ1n) is 5.16. The Bertz CT molecular complexity index is 446. The second-order valence-electron chi connectivity index (χ2n) is 3.45. The number of nitrogens with zero attached hydrogens (tertiary/aromatic N) is 1. The molecule has 0 aromatic carbocycles. The number of aromatic amines is 1. The molecule has 0 saturated carbocycles. The summed E-state index contributed by atoms with van der Waals surface area (Å²) in [5, 5.41) is -0.348. The van der Waals surface area contributed by atoms with Crippen molar-refractivity contribution in [1.82, 2.24) is 14.7 Å². The number of rotatable bonds is 7. The zero-order chi connectivity index (χ0) is 12.9. The number of methoxy groups -OCH3 is 1. The fourth-order valence-corrected chi connectivity index (χ4v) is 2.49. The molecule has 2 N–H and O–H groups in total. The summed E-state index contributed by atoms with van der Waals surface area (Å²) >= 11 is 5.83. The van der Waals surface area contributed by atoms with E-state index in [0.717, 1.165) is 0 Å². The Balaban J connectivity index is 2.62. The number of hydrogen-bond acceptors (Lipinski definition) is 4. The Morgan fingerprint density at radius 2 is 2.35 bits per heavy atom. The first kappa shape index (κ1) is 14.4. The molecule has 1 unspecified atom stereocenters. The van der Waals surface area contributed by atoms with Crippen LogP contribution in [0, 0.1) is 0 Å². The van der Waals surface area contributed by atoms with E-state index >= 15 is 0 Å². The van der Waals surface area contributed by atoms with E-state index in [-0.39, 0.29) is 18.2 Å². The molecule has 0 amide bonds. The van der Waals surface area contributed by atoms with Gasteiger partial charge in [-0.25, -0.2) is 18.1 Å². The second-order valence-corrected chi connectivity index (χ2v) is 5.80. The third-order valence-corrected chi connectivity index (χ3v) is 3.69. The van der Waals surface area contributed by atoms with Gasteiger partial charge < -0.3 is 9.72 Å². The maximum atomic E-state index is 11.8. The molecule has 0 radical (unpaired) electrons. The molecule has 0 saturated heterocycles. The van der Waals surface area contributed by atoms with Crippen LogP contribution in [0.5, 0.6) is 0 Å². The fraction of sp³-hybridized carbons (Fsp3) is 0.667. The lowest BCUT2D eigenvalue weighted by Gasteiger charge is -2.09. The molecule has 6 nitrogen and oxygen atoms in total. The van der Waals surface area contributed by atoms with Crippen molar-refractivity contribution in [2.75, 3.05) is 20.3 Å². The Morgan fingerprint density at radius 3 is 2.88 bits per heavy atom. The molecule has 0 spiro atoms. The molecule has 0 aliphatic rings. The lowest BCUT2D eigenvalue weighted by Crippen LogP contribution is -2.31. The zero-order valence-electron chi connectivity index (χ0n) is 9.73. The van der Waals surface area contributed by atoms with Gasteiger partial charge in [-0.2, -0.15) is 0 Å². The summed E-state index contributed by atoms with van der Waals surface area (Å²) in [4.78, 5) is 6.65. The van der Waals surface area contributed by atoms with Crippen molar-refractivity contribution in [2.24, 2.45) is 0 Å². The molecule has 0 bridgehead atoms. The van der Waals surface area contributed by atoms with E-state index < -0.39 is 15.4 Å². The summed E-state index contributed by atoms with van der Waals surface area (Å²) in [5.41, 5.74) is 0. The Hall–Kier alpha value is -0.630. The van der Waals surface area contributed by atoms with Crippen LogP contribution in [0.15, 0.2) is 11.2 Å². The minimum atomic E-state index is -3.57. The van der Waals surface area contributed by atoms with Gasteiger partial charge in [0.15, 0.2) is 5.03 Å². The SMILES string of the molecule is CCc1ncc(S(=O)(=O)NCC(Cl)COC)[nH]1. The molecule has 98 valence electrons. The molecule has 8 heteroatoms. The predicted octanol–water partition coefficient (Wildman–Crippen LogP) is 0.504. The molecule has 17 heavy (non-hydrogen) atoms. The van der Waals surface area contributed by atoms with Crippen LogP contribution in [-0.2, 0) is 21.2 Å². The molecular formula is C9H16ClN3O3S. The van der Waals surface area contributed by atoms with Gasteiger partial charge in [-0.15, -0.1) is 11.6 Å². The van der Waals surface area contributed by atoms with Gasteiger partial charge in [-0.05, 0) is 0 Å². The summed E-state index contributed by atoms with van der Waals surface area (Å²) in [6.45, 7) is 2.28. The highest BCUT2D eigenvalue weighted by molar-refractivity contribution is 7.89. The molecule has 1 heterocycles. The summed E-state index contributed by atoms with van der Waals surface area (Å²) in [6.07, 6.45) is 1.94. The number of ether oxygens (including phenoxy) is 1. The zero-order valence-corrected chi connectivity index (χ0v) is 11.3. The number of imidazole rings is 1. The van der Waals surface area contributed by atoms with Gasteiger partial charge >= 0.3 is 0 Å². The van der Waals surface area contributed by atoms with Gasteiger partial charge in [-0.3, -0.25) is 0 Å². The van der Waals surface area contributed by atoms with E-state index in [2.05, 4.69) is 14.7 Å². The van der Waals surface area contributed by atoms with Crippen molar-refractivity contribution in [1.29, 1.82) is 0 Å². The highest BCUT2D eigenvalue weighted by Crippen LogP contribution is 2.06. The van der Waals surface area contributed by atoms with Crippen LogP contribution in [-0.4, -0.2) is 44.0 Å². The molecule has 0 aliphatic carbocycles. The van der Waals surface area contributed by atoms with E-state index in [1.54, 1.807) is 0 Å². The minimum Gasteiger partial charge on any atom is -0.383 e. The van der Waals surface area contributed by atoms with Crippen molar-refractivity contribution >= 4 is 21.6 Å². The highest BCUT2D eigenvalue weighted by atomic mass is 35.5. The molecule has 0 aliphatic heterocycles. The third-order valence-electron chi connectivity index (χ3n) is 2.07. The highest BCUT2D eigenvalue weighted by Gasteiger charge is 2.18. The van der Waals surface area contributed by atoms with Gasteiger partial charge in [0.1, 0.15) is 5.82 Å². The van der Waals surface area contributed by atoms with E-state index in [4.69, 9.17) is 16.3 Å². The first-order valence-corrected chi connectivity index (χ1v) is 7.08. The van der Waals surface area contributed by atoms with Gasteiger partial charge in [0.2, 0.25) is 0 Å². The lowest BCUT2D eigenvalue weighted by atomic mass is 10.5. The predicted molar refractivity (Wildman–Crippen MR) is 64.7 cm³/mol. The fourth-order valence-electron chi connectivity index (χ4n) is 1.18. The second kappa shape index (κ2) is 6.34. The van der Waals surface area contributed by atoms with Crippen molar-refractivity contribution in [3.8, 4) is 0 Å². The molecule has 1 rings (SSSR count). The van der Waals surface area contributed by atoms with Crippen molar-refractivity contribution in [2.45, 2.75) is 23.7 Å². The number of halogens is 1. The normalized spacial score (nSPS) is 13.8. The van der Waals surface area contributed by atoms with Crippen molar-refractivity contribution < 1.29 is 13.2 Å². The van der Waals surface area contributed by atoms with Crippen LogP contribution in [0.2, 0.25) is 0 Å². The van der Waals surface area contributed by atoms with Crippen LogP contribution in [0.3, 0.4) is 0 Å². The monoisotopic (exact) mass is 281 g/mol. The molecule has 1 aromatic heterocycles. The van der Waals surface area contributed by atoms with E-state index in [9.17, 15) is 8.42 Å². The van der Waals surface area contributed by atoms with Gasteiger partial charge in [0, 0.05) is 20.1 Å². The topological polar surface area (TPSA) is 84.1 Å². The summed E-state index contributed by atoms with van der Waals surface area (Å²) < 4.78 is 30.8. The Kier molecular flexibility index (Phi) is 5.38. The number of aryl methyl sites for hydroxylation is 1. The number of alkyl halides is 1. The summed E-state index contributed by atoms with van der Waals surface area (Å²) in [6, 6.07) is 0. The number of hydrogen-bond donors (Lipinski definition) is 2. The number of nitrogens with one attached hydrogen (secondary N) is 2. The van der Waals surface area contributed by atoms with Crippen LogP contribution in [0.1, 0.15) is 12.7 Å². The largest absolute Gasteiger partial charge is 0.383 e. The number of H-pyrrole nitrogens is 1. The smallest absolute Gasteiger partial charge is 0.257 e. The Labute approximate surface area is 106 Å². The lowest BCUT2D eigenvalue weighted by molar-refractivity contribution is 0.198. The molecular weight excluding hydrogens is 266 g/mol. The molecule has 0 fully saturated rings. The van der Waals surface area contributed by atoms with Gasteiger partial charge in [0.05, 0.1) is 18.2 Å². The van der Waals surface area contributed by atoms with Crippen LogP contribution in [0.4, 0.5) is 0 Å². The van der Waals surface area contributed by atoms with Crippen LogP contribution in [0.25, 0.3) is 0 Å². The Morgan fingerprint density at radius 1 is 1.65 bits per heavy atom. The summed E-state index contributed by atoms with van der Waals surface area (Å²) in [5.74, 6) is 0.629. The van der Waals surface area contributed by atoms with E-state index in [1.807, 2.05) is 6.92 Å². The summed E-state index contributed by atoms with van der Waals surface area (Å²) in [7, 11) is -2.06. The standard InChI is InChI=1S/C9H16ClN3O3S/c1-3-8-11-5-9(13-8)17(14,15)12-4-7(10)6-16-2/h5,7,12H,3-4,6H2,1-2H3,(H,11,13). The minimum absolute atomic E-state index is 0.0515. The van der Waals surface area contributed by atoms with E-state index in [1.165, 1.54) is 13.3 Å². The van der Waals surface area contributed by atoms with Crippen LogP contribution < -0.4 is 4.72 Å². The van der Waals surface area contributed by atoms with Gasteiger partial charge in [-0.1, -0.05) is 6.92 Å². The van der Waals surface area contributed by atoms with Gasteiger partial charge in [0.25, 0.3) is 10.0 Å². The third kappa shape index (κ3) is 4.27. The molecule has 1 aromatic rings. The maximum Gasteiger partial charge on any atom is 0.257 e. The average Bonchev–Trinajstić information content (AvgIpc) is 2.76.